The molecule has 1 N–H and O–H groups in total. The lowest BCUT2D eigenvalue weighted by Crippen LogP contribution is -2.28. The van der Waals surface area contributed by atoms with Crippen molar-refractivity contribution in [2.75, 3.05) is 19.3 Å². The van der Waals surface area contributed by atoms with E-state index in [2.05, 4.69) is 5.32 Å². The number of thioether (sulfide) groups is 1. The molecule has 1 aromatic rings. The molecular formula is C12H16FNS. The van der Waals surface area contributed by atoms with E-state index in [0.717, 1.165) is 18.0 Å². The van der Waals surface area contributed by atoms with Crippen molar-refractivity contribution < 1.29 is 4.39 Å². The quantitative estimate of drug-likeness (QED) is 0.776. The average Bonchev–Trinajstić information content (AvgIpc) is 2.31. The Labute approximate surface area is 94.5 Å². The minimum Gasteiger partial charge on any atom is -0.316 e. The normalized spacial score (nSPS) is 21.6. The van der Waals surface area contributed by atoms with Gasteiger partial charge in [-0.15, -0.1) is 11.8 Å². The van der Waals surface area contributed by atoms with Crippen molar-refractivity contribution in [3.05, 3.63) is 29.6 Å². The summed E-state index contributed by atoms with van der Waals surface area (Å²) >= 11 is 1.48. The smallest absolute Gasteiger partial charge is 0.136 e. The summed E-state index contributed by atoms with van der Waals surface area (Å²) < 4.78 is 13.3. The molecule has 3 heteroatoms. The van der Waals surface area contributed by atoms with E-state index in [0.29, 0.717) is 5.92 Å². The summed E-state index contributed by atoms with van der Waals surface area (Å²) in [6.07, 6.45) is 4.35. The van der Waals surface area contributed by atoms with E-state index in [1.54, 1.807) is 6.07 Å². The molecule has 1 aromatic carbocycles. The number of rotatable bonds is 2. The van der Waals surface area contributed by atoms with Gasteiger partial charge in [0.2, 0.25) is 0 Å². The van der Waals surface area contributed by atoms with Crippen LogP contribution in [0, 0.1) is 5.82 Å². The molecule has 0 bridgehead atoms. The maximum absolute atomic E-state index is 13.3. The van der Waals surface area contributed by atoms with Gasteiger partial charge >= 0.3 is 0 Å². The van der Waals surface area contributed by atoms with Crippen LogP contribution < -0.4 is 5.32 Å². The number of hydrogen-bond acceptors (Lipinski definition) is 2. The van der Waals surface area contributed by atoms with Crippen molar-refractivity contribution in [1.29, 1.82) is 0 Å². The van der Waals surface area contributed by atoms with Crippen LogP contribution in [-0.4, -0.2) is 19.3 Å². The van der Waals surface area contributed by atoms with Crippen molar-refractivity contribution in [1.82, 2.24) is 5.32 Å². The molecule has 15 heavy (non-hydrogen) atoms. The van der Waals surface area contributed by atoms with Gasteiger partial charge in [0, 0.05) is 11.4 Å². The summed E-state index contributed by atoms with van der Waals surface area (Å²) in [5, 5.41) is 3.38. The molecule has 0 spiro atoms. The van der Waals surface area contributed by atoms with E-state index < -0.39 is 0 Å². The highest BCUT2D eigenvalue weighted by molar-refractivity contribution is 7.98. The van der Waals surface area contributed by atoms with Gasteiger partial charge in [-0.1, -0.05) is 6.07 Å². The van der Waals surface area contributed by atoms with Crippen molar-refractivity contribution in [2.45, 2.75) is 23.7 Å². The first-order valence-corrected chi connectivity index (χ1v) is 6.58. The van der Waals surface area contributed by atoms with Crippen LogP contribution in [0.25, 0.3) is 0 Å². The number of benzene rings is 1. The molecule has 1 atom stereocenters. The molecule has 0 aliphatic carbocycles. The predicted molar refractivity (Wildman–Crippen MR) is 63.0 cm³/mol. The first-order chi connectivity index (χ1) is 7.31. The highest BCUT2D eigenvalue weighted by Crippen LogP contribution is 2.28. The Hall–Kier alpha value is -0.540. The number of nitrogens with one attached hydrogen (secondary N) is 1. The SMILES string of the molecule is CSc1cc(C2CCCNC2)ccc1F. The molecule has 1 nitrogen and oxygen atoms in total. The second-order valence-corrected chi connectivity index (χ2v) is 4.79. The summed E-state index contributed by atoms with van der Waals surface area (Å²) in [4.78, 5) is 0.762. The van der Waals surface area contributed by atoms with Crippen molar-refractivity contribution in [3.8, 4) is 0 Å². The van der Waals surface area contributed by atoms with E-state index >= 15 is 0 Å². The van der Waals surface area contributed by atoms with Crippen molar-refractivity contribution in [3.63, 3.8) is 0 Å². The highest BCUT2D eigenvalue weighted by Gasteiger charge is 2.16. The first kappa shape index (κ1) is 11.0. The van der Waals surface area contributed by atoms with Crippen LogP contribution in [0.3, 0.4) is 0 Å². The van der Waals surface area contributed by atoms with Gasteiger partial charge in [-0.3, -0.25) is 0 Å². The third kappa shape index (κ3) is 2.52. The van der Waals surface area contributed by atoms with Gasteiger partial charge in [0.05, 0.1) is 0 Å². The molecule has 1 unspecified atom stereocenters. The lowest BCUT2D eigenvalue weighted by Gasteiger charge is -2.23. The van der Waals surface area contributed by atoms with Crippen molar-refractivity contribution in [2.24, 2.45) is 0 Å². The van der Waals surface area contributed by atoms with Crippen LogP contribution in [0.4, 0.5) is 4.39 Å². The molecule has 0 saturated carbocycles. The van der Waals surface area contributed by atoms with Crippen LogP contribution in [0.15, 0.2) is 23.1 Å². The lowest BCUT2D eigenvalue weighted by atomic mass is 9.92. The third-order valence-corrected chi connectivity index (χ3v) is 3.70. The lowest BCUT2D eigenvalue weighted by molar-refractivity contribution is 0.460. The zero-order chi connectivity index (χ0) is 10.7. The second kappa shape index (κ2) is 4.99. The molecule has 1 fully saturated rings. The largest absolute Gasteiger partial charge is 0.316 e. The number of hydrogen-bond donors (Lipinski definition) is 1. The topological polar surface area (TPSA) is 12.0 Å². The third-order valence-electron chi connectivity index (χ3n) is 2.94. The fourth-order valence-corrected chi connectivity index (χ4v) is 2.58. The van der Waals surface area contributed by atoms with E-state index in [9.17, 15) is 4.39 Å². The Balaban J connectivity index is 2.20. The zero-order valence-corrected chi connectivity index (χ0v) is 9.74. The Morgan fingerprint density at radius 1 is 1.47 bits per heavy atom. The summed E-state index contributed by atoms with van der Waals surface area (Å²) in [5.41, 5.74) is 1.27. The zero-order valence-electron chi connectivity index (χ0n) is 8.92. The number of halogens is 1. The van der Waals surface area contributed by atoms with E-state index in [-0.39, 0.29) is 5.82 Å². The van der Waals surface area contributed by atoms with Crippen LogP contribution in [0.5, 0.6) is 0 Å². The maximum atomic E-state index is 13.3. The van der Waals surface area contributed by atoms with Crippen LogP contribution in [0.2, 0.25) is 0 Å². The van der Waals surface area contributed by atoms with Crippen molar-refractivity contribution >= 4 is 11.8 Å². The van der Waals surface area contributed by atoms with Gasteiger partial charge in [0.15, 0.2) is 0 Å². The van der Waals surface area contributed by atoms with E-state index in [1.165, 1.54) is 30.2 Å². The summed E-state index contributed by atoms with van der Waals surface area (Å²) in [7, 11) is 0. The second-order valence-electron chi connectivity index (χ2n) is 3.94. The number of piperidine rings is 1. The minimum absolute atomic E-state index is 0.102. The fourth-order valence-electron chi connectivity index (χ4n) is 2.07. The Morgan fingerprint density at radius 2 is 2.33 bits per heavy atom. The summed E-state index contributed by atoms with van der Waals surface area (Å²) in [6, 6.07) is 5.51. The van der Waals surface area contributed by atoms with Gasteiger partial charge in [0.1, 0.15) is 5.82 Å². The molecule has 1 aliphatic rings. The first-order valence-electron chi connectivity index (χ1n) is 5.35. The fraction of sp³-hybridized carbons (Fsp3) is 0.500. The molecule has 2 rings (SSSR count). The predicted octanol–water partition coefficient (Wildman–Crippen LogP) is 3.01. The molecule has 1 heterocycles. The molecule has 0 amide bonds. The van der Waals surface area contributed by atoms with Gasteiger partial charge < -0.3 is 5.32 Å². The summed E-state index contributed by atoms with van der Waals surface area (Å²) in [5.74, 6) is 0.459. The molecule has 0 radical (unpaired) electrons. The Morgan fingerprint density at radius 3 is 3.00 bits per heavy atom. The highest BCUT2D eigenvalue weighted by atomic mass is 32.2. The van der Waals surface area contributed by atoms with E-state index in [1.807, 2.05) is 18.4 Å². The molecular weight excluding hydrogens is 209 g/mol. The molecule has 1 saturated heterocycles. The Bertz CT molecular complexity index is 334. The van der Waals surface area contributed by atoms with Crippen LogP contribution >= 0.6 is 11.8 Å². The monoisotopic (exact) mass is 225 g/mol. The van der Waals surface area contributed by atoms with E-state index in [4.69, 9.17) is 0 Å². The minimum atomic E-state index is -0.102. The van der Waals surface area contributed by atoms with Crippen LogP contribution in [0.1, 0.15) is 24.3 Å². The average molecular weight is 225 g/mol. The van der Waals surface area contributed by atoms with Gasteiger partial charge in [-0.25, -0.2) is 4.39 Å². The Kier molecular flexibility index (Phi) is 3.65. The molecule has 82 valence electrons. The van der Waals surface area contributed by atoms with Gasteiger partial charge in [-0.05, 0) is 49.3 Å². The molecule has 1 aliphatic heterocycles. The molecule has 0 aromatic heterocycles. The van der Waals surface area contributed by atoms with Gasteiger partial charge in [0.25, 0.3) is 0 Å². The summed E-state index contributed by atoms with van der Waals surface area (Å²) in [6.45, 7) is 2.15. The van der Waals surface area contributed by atoms with Crippen LogP contribution in [-0.2, 0) is 0 Å². The van der Waals surface area contributed by atoms with Gasteiger partial charge in [-0.2, -0.15) is 0 Å². The standard InChI is InChI=1S/C12H16FNS/c1-15-12-7-9(4-5-11(12)13)10-3-2-6-14-8-10/h4-5,7,10,14H,2-3,6,8H2,1H3. The maximum Gasteiger partial charge on any atom is 0.136 e.